The van der Waals surface area contributed by atoms with Gasteiger partial charge in [0, 0.05) is 38.6 Å². The normalized spacial score (nSPS) is 14.6. The summed E-state index contributed by atoms with van der Waals surface area (Å²) in [4.78, 5) is 20.5. The van der Waals surface area contributed by atoms with Gasteiger partial charge in [-0.15, -0.1) is 0 Å². The van der Waals surface area contributed by atoms with E-state index in [-0.39, 0.29) is 5.92 Å². The van der Waals surface area contributed by atoms with Crippen molar-refractivity contribution < 1.29 is 0 Å². The number of aromatic nitrogens is 4. The fourth-order valence-corrected chi connectivity index (χ4v) is 6.41. The number of pyridine rings is 4. The fraction of sp³-hybridized carbons (Fsp3) is 0.0233. The first-order chi connectivity index (χ1) is 23.3. The van der Waals surface area contributed by atoms with Gasteiger partial charge in [0.15, 0.2) is 0 Å². The molecule has 4 heteroatoms. The van der Waals surface area contributed by atoms with Gasteiger partial charge in [-0.1, -0.05) is 140 Å². The molecule has 4 nitrogen and oxygen atoms in total. The van der Waals surface area contributed by atoms with Crippen molar-refractivity contribution in [3.05, 3.63) is 175 Å². The molecule has 1 aliphatic rings. The molecule has 1 aliphatic carbocycles. The summed E-state index contributed by atoms with van der Waals surface area (Å²) in [5.74, 6) is 0.0112. The van der Waals surface area contributed by atoms with Gasteiger partial charge in [-0.25, -0.2) is 19.9 Å². The minimum absolute atomic E-state index is 0.0112. The highest BCUT2D eigenvalue weighted by Gasteiger charge is 2.14. The smallest absolute Gasteiger partial charge is 0.0972 e. The Kier molecular flexibility index (Phi) is 6.50. The van der Waals surface area contributed by atoms with Gasteiger partial charge < -0.3 is 0 Å². The maximum Gasteiger partial charge on any atom is 0.0972 e. The van der Waals surface area contributed by atoms with Crippen molar-refractivity contribution in [2.45, 2.75) is 5.92 Å². The molecule has 0 radical (unpaired) electrons. The van der Waals surface area contributed by atoms with Crippen LogP contribution in [0, 0.1) is 0 Å². The molecule has 0 bridgehead atoms. The van der Waals surface area contributed by atoms with Crippen LogP contribution in [0.25, 0.3) is 71.7 Å². The Labute approximate surface area is 272 Å². The third-order valence-corrected chi connectivity index (χ3v) is 8.91. The molecular formula is C43H28N4. The molecule has 8 aromatic rings. The second kappa shape index (κ2) is 11.3. The lowest BCUT2D eigenvalue weighted by Crippen LogP contribution is -1.97. The molecule has 0 spiro atoms. The zero-order valence-corrected chi connectivity index (χ0v) is 25.5. The highest BCUT2D eigenvalue weighted by atomic mass is 14.8. The molecule has 220 valence electrons. The number of hydrogen-bond donors (Lipinski definition) is 0. The van der Waals surface area contributed by atoms with E-state index in [9.17, 15) is 0 Å². The Hall–Kier alpha value is -6.26. The summed E-state index contributed by atoms with van der Waals surface area (Å²) in [6.07, 6.45) is 10.8. The Balaban J connectivity index is 1.07. The molecule has 1 unspecified atom stereocenters. The summed E-state index contributed by atoms with van der Waals surface area (Å²) in [6, 6.07) is 46.0. The summed E-state index contributed by atoms with van der Waals surface area (Å²) in [5, 5.41) is 4.31. The average Bonchev–Trinajstić information content (AvgIpc) is 3.41. The topological polar surface area (TPSA) is 51.6 Å². The van der Waals surface area contributed by atoms with Crippen LogP contribution in [0.3, 0.4) is 0 Å². The van der Waals surface area contributed by atoms with Crippen molar-refractivity contribution >= 4 is 49.2 Å². The first-order valence-electron chi connectivity index (χ1n) is 15.9. The van der Waals surface area contributed by atoms with Gasteiger partial charge in [0.2, 0.25) is 0 Å². The molecule has 47 heavy (non-hydrogen) atoms. The highest BCUT2D eigenvalue weighted by Crippen LogP contribution is 2.32. The fourth-order valence-electron chi connectivity index (χ4n) is 6.41. The summed E-state index contributed by atoms with van der Waals surface area (Å²) in [5.41, 5.74) is 10.7. The number of nitrogens with zero attached hydrogens (tertiary/aromatic N) is 4. The van der Waals surface area contributed by atoms with Crippen molar-refractivity contribution in [3.63, 3.8) is 0 Å². The molecule has 4 heterocycles. The predicted molar refractivity (Wildman–Crippen MR) is 194 cm³/mol. The number of hydrogen-bond acceptors (Lipinski definition) is 4. The van der Waals surface area contributed by atoms with E-state index in [0.29, 0.717) is 0 Å². The van der Waals surface area contributed by atoms with Crippen molar-refractivity contribution in [2.75, 3.05) is 0 Å². The quantitative estimate of drug-likeness (QED) is 0.189. The molecular weight excluding hydrogens is 573 g/mol. The largest absolute Gasteiger partial charge is 0.250 e. The van der Waals surface area contributed by atoms with Crippen molar-refractivity contribution in [1.82, 2.24) is 19.9 Å². The zero-order valence-electron chi connectivity index (χ0n) is 25.5. The monoisotopic (exact) mass is 600 g/mol. The Morgan fingerprint density at radius 2 is 0.830 bits per heavy atom. The van der Waals surface area contributed by atoms with E-state index in [4.69, 9.17) is 19.9 Å². The van der Waals surface area contributed by atoms with Crippen molar-refractivity contribution in [2.24, 2.45) is 0 Å². The third-order valence-electron chi connectivity index (χ3n) is 8.91. The number of allylic oxidation sites excluding steroid dienone is 6. The number of benzene rings is 4. The van der Waals surface area contributed by atoms with E-state index in [0.717, 1.165) is 83.1 Å². The lowest BCUT2D eigenvalue weighted by Gasteiger charge is -2.11. The van der Waals surface area contributed by atoms with Gasteiger partial charge in [-0.3, -0.25) is 0 Å². The molecule has 4 aromatic heterocycles. The summed E-state index contributed by atoms with van der Waals surface area (Å²) in [7, 11) is 0. The second-order valence-electron chi connectivity index (χ2n) is 11.9. The Morgan fingerprint density at radius 3 is 1.38 bits per heavy atom. The van der Waals surface area contributed by atoms with Gasteiger partial charge >= 0.3 is 0 Å². The Morgan fingerprint density at radius 1 is 0.383 bits per heavy atom. The molecule has 0 amide bonds. The molecule has 9 rings (SSSR count). The first kappa shape index (κ1) is 27.1. The van der Waals surface area contributed by atoms with Crippen LogP contribution in [0.2, 0.25) is 0 Å². The van der Waals surface area contributed by atoms with Gasteiger partial charge in [0.25, 0.3) is 0 Å². The van der Waals surface area contributed by atoms with Crippen LogP contribution >= 0.6 is 0 Å². The van der Waals surface area contributed by atoms with Crippen molar-refractivity contribution in [1.29, 1.82) is 0 Å². The van der Waals surface area contributed by atoms with E-state index in [1.807, 2.05) is 36.4 Å². The summed E-state index contributed by atoms with van der Waals surface area (Å²) in [6.45, 7) is 0. The van der Waals surface area contributed by atoms with E-state index in [1.165, 1.54) is 0 Å². The minimum atomic E-state index is 0.0112. The molecule has 0 N–H and O–H groups in total. The number of rotatable bonds is 4. The molecule has 0 saturated carbocycles. The first-order valence-corrected chi connectivity index (χ1v) is 15.9. The predicted octanol–water partition coefficient (Wildman–Crippen LogP) is 10.5. The Bertz CT molecular complexity index is 2570. The lowest BCUT2D eigenvalue weighted by molar-refractivity contribution is 1.01. The molecule has 4 aromatic carbocycles. The highest BCUT2D eigenvalue weighted by molar-refractivity contribution is 6.05. The van der Waals surface area contributed by atoms with Crippen LogP contribution < -0.4 is 0 Å². The maximum absolute atomic E-state index is 5.20. The molecule has 0 saturated heterocycles. The minimum Gasteiger partial charge on any atom is -0.250 e. The van der Waals surface area contributed by atoms with Crippen LogP contribution in [0.4, 0.5) is 0 Å². The van der Waals surface area contributed by atoms with Crippen LogP contribution in [0.1, 0.15) is 17.3 Å². The molecule has 1 atom stereocenters. The van der Waals surface area contributed by atoms with Gasteiger partial charge in [0.1, 0.15) is 0 Å². The van der Waals surface area contributed by atoms with E-state index in [1.54, 1.807) is 0 Å². The van der Waals surface area contributed by atoms with Crippen molar-refractivity contribution in [3.8, 4) is 22.5 Å². The van der Waals surface area contributed by atoms with Crippen LogP contribution in [-0.4, -0.2) is 19.9 Å². The van der Waals surface area contributed by atoms with Gasteiger partial charge in [0.05, 0.1) is 44.8 Å². The van der Waals surface area contributed by atoms with E-state index >= 15 is 0 Å². The molecule has 0 fully saturated rings. The van der Waals surface area contributed by atoms with Crippen LogP contribution in [0.5, 0.6) is 0 Å². The van der Waals surface area contributed by atoms with Crippen LogP contribution in [0.15, 0.2) is 164 Å². The summed E-state index contributed by atoms with van der Waals surface area (Å²) >= 11 is 0. The lowest BCUT2D eigenvalue weighted by atomic mass is 10.0. The zero-order chi connectivity index (χ0) is 31.2. The van der Waals surface area contributed by atoms with Crippen LogP contribution in [-0.2, 0) is 0 Å². The van der Waals surface area contributed by atoms with Gasteiger partial charge in [-0.2, -0.15) is 0 Å². The SMILES string of the molecule is C1=CC(c2ccc3ccc4ccc(-c5ccccc5)nc4c3n2)C=CC(c2ccc3ccc4ccc(-c5ccccc5)nc4c3n2)=C1. The standard InChI is InChI=1S/C43H28N4/c1-3-8-28(9-4-1)36-24-20-32-16-18-34-22-26-38(46-42(34)40(32)44-36)30-12-7-13-31(15-14-30)39-27-23-35-19-17-33-21-25-37(29-10-5-2-6-11-29)45-41(33)43(35)47-39/h1-27,30H. The average molecular weight is 601 g/mol. The van der Waals surface area contributed by atoms with E-state index < -0.39 is 0 Å². The van der Waals surface area contributed by atoms with E-state index in [2.05, 4.69) is 127 Å². The number of fused-ring (bicyclic) bond motifs is 6. The van der Waals surface area contributed by atoms with Gasteiger partial charge in [-0.05, 0) is 29.8 Å². The second-order valence-corrected chi connectivity index (χ2v) is 11.9. The third kappa shape index (κ3) is 4.97. The summed E-state index contributed by atoms with van der Waals surface area (Å²) < 4.78 is 0. The maximum atomic E-state index is 5.20. The molecule has 0 aliphatic heterocycles.